The van der Waals surface area contributed by atoms with Gasteiger partial charge in [0.1, 0.15) is 0 Å². The monoisotopic (exact) mass is 312 g/mol. The molecule has 0 aromatic carbocycles. The lowest BCUT2D eigenvalue weighted by Gasteiger charge is -2.06. The lowest BCUT2D eigenvalue weighted by Crippen LogP contribution is -2.21. The topological polar surface area (TPSA) is 46.5 Å². The molecule has 0 aliphatic heterocycles. The first-order valence-electron chi connectivity index (χ1n) is 9.13. The Morgan fingerprint density at radius 1 is 0.909 bits per heavy atom. The molecule has 0 unspecified atom stereocenters. The van der Waals surface area contributed by atoms with Crippen LogP contribution in [-0.4, -0.2) is 24.3 Å². The maximum Gasteiger partial charge on any atom is 0.334 e. The predicted molar refractivity (Wildman–Crippen MR) is 92.9 cm³/mol. The molecular weight excluding hydrogens is 276 g/mol. The zero-order valence-corrected chi connectivity index (χ0v) is 14.7. The van der Waals surface area contributed by atoms with Crippen molar-refractivity contribution in [3.05, 3.63) is 12.2 Å². The third-order valence-electron chi connectivity index (χ3n) is 3.96. The Hall–Kier alpha value is -0.830. The van der Waals surface area contributed by atoms with Crippen LogP contribution in [-0.2, 0) is 9.53 Å². The van der Waals surface area contributed by atoms with E-state index in [1.54, 1.807) is 0 Å². The van der Waals surface area contributed by atoms with E-state index < -0.39 is 12.1 Å². The number of aliphatic hydroxyl groups excluding tert-OH is 1. The highest BCUT2D eigenvalue weighted by atomic mass is 16.5. The summed E-state index contributed by atoms with van der Waals surface area (Å²) in [5, 5.41) is 9.41. The summed E-state index contributed by atoms with van der Waals surface area (Å²) in [5.74, 6) is -0.529. The molecule has 3 heteroatoms. The normalized spacial score (nSPS) is 12.7. The number of methoxy groups -OCH3 is 1. The van der Waals surface area contributed by atoms with Gasteiger partial charge in [-0.3, -0.25) is 0 Å². The van der Waals surface area contributed by atoms with Crippen molar-refractivity contribution in [2.75, 3.05) is 7.11 Å². The molecule has 0 fully saturated rings. The number of carbonyl (C=O) groups excluding carboxylic acids is 1. The number of esters is 1. The van der Waals surface area contributed by atoms with Gasteiger partial charge in [0.2, 0.25) is 0 Å². The summed E-state index contributed by atoms with van der Waals surface area (Å²) < 4.78 is 4.47. The van der Waals surface area contributed by atoms with Crippen molar-refractivity contribution < 1.29 is 14.6 Å². The second-order valence-corrected chi connectivity index (χ2v) is 6.06. The molecule has 0 spiro atoms. The number of carbonyl (C=O) groups is 1. The molecule has 1 atom stereocenters. The number of hydrogen-bond donors (Lipinski definition) is 1. The van der Waals surface area contributed by atoms with Gasteiger partial charge in [-0.15, -0.1) is 0 Å². The summed E-state index contributed by atoms with van der Waals surface area (Å²) in [6.45, 7) is 2.26. The average molecular weight is 312 g/mol. The highest BCUT2D eigenvalue weighted by molar-refractivity contribution is 5.74. The Bertz CT molecular complexity index is 274. The molecule has 0 aliphatic rings. The highest BCUT2D eigenvalue weighted by Gasteiger charge is 2.13. The second-order valence-electron chi connectivity index (χ2n) is 6.06. The van der Waals surface area contributed by atoms with Gasteiger partial charge in [0.15, 0.2) is 6.10 Å². The van der Waals surface area contributed by atoms with E-state index in [0.717, 1.165) is 19.3 Å². The van der Waals surface area contributed by atoms with Crippen molar-refractivity contribution in [3.8, 4) is 0 Å². The van der Waals surface area contributed by atoms with Crippen molar-refractivity contribution in [1.82, 2.24) is 0 Å². The Labute approximate surface area is 137 Å². The summed E-state index contributed by atoms with van der Waals surface area (Å²) >= 11 is 0. The first-order valence-corrected chi connectivity index (χ1v) is 9.13. The van der Waals surface area contributed by atoms with Crippen molar-refractivity contribution in [2.45, 2.75) is 96.5 Å². The van der Waals surface area contributed by atoms with E-state index in [2.05, 4.69) is 23.8 Å². The maximum atomic E-state index is 11.0. The van der Waals surface area contributed by atoms with Gasteiger partial charge >= 0.3 is 5.97 Å². The Morgan fingerprint density at radius 2 is 1.41 bits per heavy atom. The molecule has 0 bridgehead atoms. The van der Waals surface area contributed by atoms with Crippen LogP contribution in [0, 0.1) is 0 Å². The fourth-order valence-corrected chi connectivity index (χ4v) is 2.49. The molecule has 0 aromatic heterocycles. The van der Waals surface area contributed by atoms with Crippen LogP contribution in [0.5, 0.6) is 0 Å². The molecule has 0 heterocycles. The zero-order chi connectivity index (χ0) is 16.5. The summed E-state index contributed by atoms with van der Waals surface area (Å²) in [5.41, 5.74) is 0. The number of rotatable bonds is 15. The summed E-state index contributed by atoms with van der Waals surface area (Å²) in [4.78, 5) is 11.0. The van der Waals surface area contributed by atoms with Crippen LogP contribution in [0.15, 0.2) is 12.2 Å². The van der Waals surface area contributed by atoms with Gasteiger partial charge in [-0.1, -0.05) is 70.4 Å². The van der Waals surface area contributed by atoms with E-state index in [9.17, 15) is 9.90 Å². The van der Waals surface area contributed by atoms with Gasteiger partial charge in [0.25, 0.3) is 0 Å². The molecule has 3 nitrogen and oxygen atoms in total. The molecular formula is C19H36O3. The number of aliphatic hydroxyl groups is 1. The number of allylic oxidation sites excluding steroid dienone is 2. The largest absolute Gasteiger partial charge is 0.467 e. The molecule has 0 amide bonds. The predicted octanol–water partition coefficient (Wildman–Crippen LogP) is 5.17. The molecule has 22 heavy (non-hydrogen) atoms. The van der Waals surface area contributed by atoms with Crippen LogP contribution in [0.4, 0.5) is 0 Å². The molecule has 0 rings (SSSR count). The van der Waals surface area contributed by atoms with Crippen molar-refractivity contribution in [3.63, 3.8) is 0 Å². The molecule has 0 radical (unpaired) electrons. The van der Waals surface area contributed by atoms with E-state index >= 15 is 0 Å². The highest BCUT2D eigenvalue weighted by Crippen LogP contribution is 2.11. The third kappa shape index (κ3) is 14.1. The van der Waals surface area contributed by atoms with E-state index in [1.807, 2.05) is 0 Å². The van der Waals surface area contributed by atoms with Gasteiger partial charge in [-0.2, -0.15) is 0 Å². The molecule has 0 aromatic rings. The summed E-state index contributed by atoms with van der Waals surface area (Å²) in [6.07, 6.45) is 19.1. The molecule has 1 N–H and O–H groups in total. The molecule has 0 saturated heterocycles. The SMILES string of the molecule is CCCCCCCCCCC/C=C\CCC[C@H](O)C(=O)OC. The molecule has 0 aliphatic carbocycles. The van der Waals surface area contributed by atoms with Crippen molar-refractivity contribution >= 4 is 5.97 Å². The zero-order valence-electron chi connectivity index (χ0n) is 14.7. The second kappa shape index (κ2) is 16.5. The minimum Gasteiger partial charge on any atom is -0.467 e. The Morgan fingerprint density at radius 3 is 1.95 bits per heavy atom. The standard InChI is InChI=1S/C19H36O3/c1-3-4-5-6-7-8-9-10-11-12-13-14-15-16-17-18(20)19(21)22-2/h13-14,18,20H,3-12,15-17H2,1-2H3/b14-13-/t18-/m0/s1. The van der Waals surface area contributed by atoms with Gasteiger partial charge in [0, 0.05) is 0 Å². The van der Waals surface area contributed by atoms with Crippen LogP contribution in [0.1, 0.15) is 90.4 Å². The Balaban J connectivity index is 3.23. The fraction of sp³-hybridized carbons (Fsp3) is 0.842. The van der Waals surface area contributed by atoms with Crippen LogP contribution < -0.4 is 0 Å². The quantitative estimate of drug-likeness (QED) is 0.258. The lowest BCUT2D eigenvalue weighted by molar-refractivity contribution is -0.150. The third-order valence-corrected chi connectivity index (χ3v) is 3.96. The smallest absolute Gasteiger partial charge is 0.334 e. The minimum absolute atomic E-state index is 0.481. The molecule has 130 valence electrons. The number of ether oxygens (including phenoxy) is 1. The van der Waals surface area contributed by atoms with E-state index in [4.69, 9.17) is 0 Å². The van der Waals surface area contributed by atoms with Crippen molar-refractivity contribution in [1.29, 1.82) is 0 Å². The first kappa shape index (κ1) is 21.2. The maximum absolute atomic E-state index is 11.0. The van der Waals surface area contributed by atoms with Crippen LogP contribution in [0.25, 0.3) is 0 Å². The summed E-state index contributed by atoms with van der Waals surface area (Å²) in [7, 11) is 1.30. The fourth-order valence-electron chi connectivity index (χ4n) is 2.49. The molecule has 0 saturated carbocycles. The Kier molecular flexibility index (Phi) is 15.9. The van der Waals surface area contributed by atoms with Crippen LogP contribution in [0.2, 0.25) is 0 Å². The minimum atomic E-state index is -0.962. The number of unbranched alkanes of at least 4 members (excludes halogenated alkanes) is 10. The van der Waals surface area contributed by atoms with Crippen LogP contribution >= 0.6 is 0 Å². The van der Waals surface area contributed by atoms with E-state index in [0.29, 0.717) is 6.42 Å². The van der Waals surface area contributed by atoms with Crippen molar-refractivity contribution in [2.24, 2.45) is 0 Å². The number of hydrogen-bond acceptors (Lipinski definition) is 3. The van der Waals surface area contributed by atoms with Crippen LogP contribution in [0.3, 0.4) is 0 Å². The van der Waals surface area contributed by atoms with Gasteiger partial charge < -0.3 is 9.84 Å². The van der Waals surface area contributed by atoms with E-state index in [1.165, 1.54) is 64.9 Å². The van der Waals surface area contributed by atoms with Gasteiger partial charge in [0.05, 0.1) is 7.11 Å². The lowest BCUT2D eigenvalue weighted by atomic mass is 10.1. The average Bonchev–Trinajstić information content (AvgIpc) is 2.54. The van der Waals surface area contributed by atoms with E-state index in [-0.39, 0.29) is 0 Å². The van der Waals surface area contributed by atoms with Gasteiger partial charge in [-0.25, -0.2) is 4.79 Å². The first-order chi connectivity index (χ1) is 10.7. The van der Waals surface area contributed by atoms with Gasteiger partial charge in [-0.05, 0) is 32.1 Å². The summed E-state index contributed by atoms with van der Waals surface area (Å²) in [6, 6.07) is 0.